The fraction of sp³-hybridized carbons (Fsp3) is 0.476. The summed E-state index contributed by atoms with van der Waals surface area (Å²) in [5, 5.41) is 4.63. The number of carbonyl (C=O) groups is 1. The van der Waals surface area contributed by atoms with E-state index in [0.29, 0.717) is 19.6 Å². The minimum absolute atomic E-state index is 0.000931. The number of aryl methyl sites for hydroxylation is 1. The predicted molar refractivity (Wildman–Crippen MR) is 125 cm³/mol. The van der Waals surface area contributed by atoms with Crippen molar-refractivity contribution < 1.29 is 13.2 Å². The number of sulfonamides is 1. The summed E-state index contributed by atoms with van der Waals surface area (Å²) in [5.41, 5.74) is 2.38. The second kappa shape index (κ2) is 10.3. The summed E-state index contributed by atoms with van der Waals surface area (Å²) in [6.07, 6.45) is 0.981. The van der Waals surface area contributed by atoms with Crippen molar-refractivity contribution in [2.24, 2.45) is 0 Å². The minimum Gasteiger partial charge on any atom is -0.349 e. The smallest absolute Gasteiger partial charge is 0.262 e. The highest BCUT2D eigenvalue weighted by Gasteiger charge is 2.31. The molecule has 0 bridgehead atoms. The molecule has 1 amide bonds. The van der Waals surface area contributed by atoms with Gasteiger partial charge in [0.25, 0.3) is 5.91 Å². The Morgan fingerprint density at radius 3 is 2.43 bits per heavy atom. The summed E-state index contributed by atoms with van der Waals surface area (Å²) in [7, 11) is 0.294. The molecule has 0 saturated carbocycles. The molecular formula is C21H29N3O3S3. The average Bonchev–Trinajstić information content (AvgIpc) is 3.25. The first-order valence-electron chi connectivity index (χ1n) is 10.0. The third-order valence-corrected chi connectivity index (χ3v) is 9.20. The van der Waals surface area contributed by atoms with Crippen LogP contribution in [0.3, 0.4) is 0 Å². The van der Waals surface area contributed by atoms with Crippen LogP contribution in [0.1, 0.15) is 33.8 Å². The Morgan fingerprint density at radius 2 is 1.83 bits per heavy atom. The highest BCUT2D eigenvalue weighted by atomic mass is 32.2. The Kier molecular flexibility index (Phi) is 7.98. The maximum Gasteiger partial charge on any atom is 0.262 e. The molecule has 6 nitrogen and oxygen atoms in total. The van der Waals surface area contributed by atoms with E-state index in [9.17, 15) is 13.2 Å². The van der Waals surface area contributed by atoms with Crippen LogP contribution in [0.2, 0.25) is 0 Å². The van der Waals surface area contributed by atoms with Crippen LogP contribution in [0, 0.1) is 0 Å². The van der Waals surface area contributed by atoms with Gasteiger partial charge in [0.1, 0.15) is 9.77 Å². The predicted octanol–water partition coefficient (Wildman–Crippen LogP) is 3.08. The molecule has 9 heteroatoms. The Labute approximate surface area is 187 Å². The molecule has 2 aromatic rings. The zero-order valence-corrected chi connectivity index (χ0v) is 20.1. The van der Waals surface area contributed by atoms with Crippen LogP contribution < -0.4 is 5.32 Å². The van der Waals surface area contributed by atoms with Crippen molar-refractivity contribution in [3.8, 4) is 0 Å². The van der Waals surface area contributed by atoms with Gasteiger partial charge in [0, 0.05) is 31.1 Å². The van der Waals surface area contributed by atoms with E-state index in [2.05, 4.69) is 41.4 Å². The molecule has 3 rings (SSSR count). The molecule has 30 heavy (non-hydrogen) atoms. The molecule has 1 unspecified atom stereocenters. The monoisotopic (exact) mass is 467 g/mol. The molecule has 0 spiro atoms. The molecule has 1 aliphatic rings. The Morgan fingerprint density at radius 1 is 1.17 bits per heavy atom. The number of nitrogens with zero attached hydrogens (tertiary/aromatic N) is 2. The van der Waals surface area contributed by atoms with Gasteiger partial charge in [-0.3, -0.25) is 4.79 Å². The van der Waals surface area contributed by atoms with Crippen LogP contribution in [-0.2, 0) is 16.4 Å². The normalized spacial score (nSPS) is 16.5. The summed E-state index contributed by atoms with van der Waals surface area (Å²) < 4.78 is 27.6. The summed E-state index contributed by atoms with van der Waals surface area (Å²) >= 11 is 2.92. The van der Waals surface area contributed by atoms with Gasteiger partial charge in [-0.25, -0.2) is 8.42 Å². The molecule has 1 aromatic heterocycles. The van der Waals surface area contributed by atoms with Gasteiger partial charge >= 0.3 is 0 Å². The standard InChI is InChI=1S/C21H29N3O3S3/c1-4-16-5-7-17(8-6-16)18(23(2)3)15-22-21(25)20-19(9-12-29-20)30(26,27)24-10-13-28-14-11-24/h5-9,12,18H,4,10-11,13-15H2,1-3H3,(H,22,25). The molecule has 0 radical (unpaired) electrons. The molecule has 1 aromatic carbocycles. The van der Waals surface area contributed by atoms with E-state index < -0.39 is 10.0 Å². The van der Waals surface area contributed by atoms with E-state index in [0.717, 1.165) is 23.5 Å². The third-order valence-electron chi connectivity index (χ3n) is 5.28. The first-order chi connectivity index (χ1) is 14.3. The van der Waals surface area contributed by atoms with E-state index in [4.69, 9.17) is 0 Å². The number of rotatable bonds is 8. The number of amides is 1. The number of hydrogen-bond donors (Lipinski definition) is 1. The van der Waals surface area contributed by atoms with Gasteiger partial charge in [-0.05, 0) is 43.1 Å². The maximum absolute atomic E-state index is 13.0. The van der Waals surface area contributed by atoms with E-state index in [1.165, 1.54) is 21.2 Å². The number of thiophene rings is 1. The van der Waals surface area contributed by atoms with Gasteiger partial charge < -0.3 is 10.2 Å². The fourth-order valence-electron chi connectivity index (χ4n) is 3.44. The van der Waals surface area contributed by atoms with Crippen LogP contribution in [0.4, 0.5) is 0 Å². The van der Waals surface area contributed by atoms with Crippen molar-refractivity contribution in [1.29, 1.82) is 0 Å². The Balaban J connectivity index is 1.73. The minimum atomic E-state index is -3.65. The number of likely N-dealkylation sites (N-methyl/N-ethyl adjacent to an activating group) is 1. The van der Waals surface area contributed by atoms with E-state index >= 15 is 0 Å². The first-order valence-corrected chi connectivity index (χ1v) is 13.5. The zero-order chi connectivity index (χ0) is 21.7. The lowest BCUT2D eigenvalue weighted by Gasteiger charge is -2.26. The van der Waals surface area contributed by atoms with E-state index in [-0.39, 0.29) is 21.7 Å². The van der Waals surface area contributed by atoms with Crippen molar-refractivity contribution in [3.05, 3.63) is 51.7 Å². The van der Waals surface area contributed by atoms with Gasteiger partial charge in [-0.2, -0.15) is 16.1 Å². The molecule has 0 aliphatic carbocycles. The molecule has 1 saturated heterocycles. The van der Waals surface area contributed by atoms with E-state index in [1.807, 2.05) is 14.1 Å². The summed E-state index contributed by atoms with van der Waals surface area (Å²) in [6, 6.07) is 9.93. The van der Waals surface area contributed by atoms with Crippen LogP contribution in [0.5, 0.6) is 0 Å². The highest BCUT2D eigenvalue weighted by Crippen LogP contribution is 2.27. The topological polar surface area (TPSA) is 69.7 Å². The molecule has 164 valence electrons. The summed E-state index contributed by atoms with van der Waals surface area (Å²) in [6.45, 7) is 3.49. The van der Waals surface area contributed by atoms with Crippen molar-refractivity contribution >= 4 is 39.0 Å². The number of hydrogen-bond acceptors (Lipinski definition) is 6. The lowest BCUT2D eigenvalue weighted by atomic mass is 10.0. The van der Waals surface area contributed by atoms with Gasteiger partial charge in [-0.15, -0.1) is 11.3 Å². The molecule has 1 aliphatic heterocycles. The van der Waals surface area contributed by atoms with Crippen molar-refractivity contribution in [2.75, 3.05) is 45.2 Å². The number of benzene rings is 1. The van der Waals surface area contributed by atoms with Crippen LogP contribution >= 0.6 is 23.1 Å². The van der Waals surface area contributed by atoms with Crippen molar-refractivity contribution in [1.82, 2.24) is 14.5 Å². The molecular weight excluding hydrogens is 438 g/mol. The molecule has 1 fully saturated rings. The van der Waals surface area contributed by atoms with Crippen LogP contribution in [-0.4, -0.2) is 68.8 Å². The number of nitrogens with one attached hydrogen (secondary N) is 1. The zero-order valence-electron chi connectivity index (χ0n) is 17.6. The largest absolute Gasteiger partial charge is 0.349 e. The van der Waals surface area contributed by atoms with Gasteiger partial charge in [0.15, 0.2) is 0 Å². The number of carbonyl (C=O) groups excluding carboxylic acids is 1. The third kappa shape index (κ3) is 5.26. The summed E-state index contributed by atoms with van der Waals surface area (Å²) in [4.78, 5) is 15.3. The molecule has 1 N–H and O–H groups in total. The van der Waals surface area contributed by atoms with Crippen LogP contribution in [0.15, 0.2) is 40.6 Å². The van der Waals surface area contributed by atoms with Gasteiger partial charge in [0.05, 0.1) is 6.04 Å². The van der Waals surface area contributed by atoms with Crippen molar-refractivity contribution in [3.63, 3.8) is 0 Å². The highest BCUT2D eigenvalue weighted by molar-refractivity contribution is 7.99. The van der Waals surface area contributed by atoms with Gasteiger partial charge in [0.2, 0.25) is 10.0 Å². The SMILES string of the molecule is CCc1ccc(C(CNC(=O)c2sccc2S(=O)(=O)N2CCSCC2)N(C)C)cc1. The maximum atomic E-state index is 13.0. The lowest BCUT2D eigenvalue weighted by Crippen LogP contribution is -2.39. The fourth-order valence-corrected chi connectivity index (χ4v) is 7.33. The second-order valence-corrected chi connectivity index (χ2v) is 11.5. The Hall–Kier alpha value is -1.39. The Bertz CT molecular complexity index is 949. The quantitative estimate of drug-likeness (QED) is 0.646. The molecule has 1 atom stereocenters. The van der Waals surface area contributed by atoms with E-state index in [1.54, 1.807) is 23.2 Å². The number of thioether (sulfide) groups is 1. The molecule has 2 heterocycles. The van der Waals surface area contributed by atoms with Crippen LogP contribution in [0.25, 0.3) is 0 Å². The second-order valence-electron chi connectivity index (χ2n) is 7.42. The van der Waals surface area contributed by atoms with Gasteiger partial charge in [-0.1, -0.05) is 31.2 Å². The summed E-state index contributed by atoms with van der Waals surface area (Å²) in [5.74, 6) is 1.23. The first kappa shape index (κ1) is 23.3. The van der Waals surface area contributed by atoms with Crippen molar-refractivity contribution in [2.45, 2.75) is 24.3 Å². The lowest BCUT2D eigenvalue weighted by molar-refractivity contribution is 0.0943. The average molecular weight is 468 g/mol.